The van der Waals surface area contributed by atoms with Gasteiger partial charge < -0.3 is 5.32 Å². The van der Waals surface area contributed by atoms with Crippen LogP contribution in [0.4, 0.5) is 0 Å². The molecule has 1 aromatic heterocycles. The van der Waals surface area contributed by atoms with Crippen LogP contribution in [0.2, 0.25) is 0 Å². The first-order chi connectivity index (χ1) is 11.9. The van der Waals surface area contributed by atoms with E-state index in [1.807, 2.05) is 6.92 Å². The summed E-state index contributed by atoms with van der Waals surface area (Å²) in [5.74, 6) is -0.0776. The van der Waals surface area contributed by atoms with Gasteiger partial charge in [0.25, 0.3) is 0 Å². The molecule has 12 heteroatoms. The molecular weight excluding hydrogens is 420 g/mol. The van der Waals surface area contributed by atoms with Gasteiger partial charge in [-0.1, -0.05) is 6.92 Å². The Morgan fingerprint density at radius 1 is 1.31 bits per heavy atom. The molecular formula is C14H24N2O6S4. The van der Waals surface area contributed by atoms with Crippen molar-refractivity contribution in [3.63, 3.8) is 0 Å². The highest BCUT2D eigenvalue weighted by Crippen LogP contribution is 2.43. The van der Waals surface area contributed by atoms with Crippen molar-refractivity contribution in [3.05, 3.63) is 11.6 Å². The first-order valence-electron chi connectivity index (χ1n) is 8.17. The molecule has 2 atom stereocenters. The molecule has 0 saturated heterocycles. The molecule has 0 bridgehead atoms. The highest BCUT2D eigenvalue weighted by molar-refractivity contribution is 7.95. The van der Waals surface area contributed by atoms with E-state index >= 15 is 0 Å². The summed E-state index contributed by atoms with van der Waals surface area (Å²) < 4.78 is 71.6. The van der Waals surface area contributed by atoms with E-state index in [1.165, 1.54) is 6.07 Å². The van der Waals surface area contributed by atoms with E-state index in [9.17, 15) is 25.3 Å². The molecule has 0 spiro atoms. The fourth-order valence-electron chi connectivity index (χ4n) is 3.00. The first-order valence-corrected chi connectivity index (χ1v) is 14.1. The first kappa shape index (κ1) is 21.8. The summed E-state index contributed by atoms with van der Waals surface area (Å²) in [5.41, 5.74) is 0.437. The lowest BCUT2D eigenvalue weighted by Crippen LogP contribution is -2.35. The second-order valence-electron chi connectivity index (χ2n) is 6.53. The molecule has 1 aliphatic heterocycles. The number of fused-ring (bicyclic) bond motifs is 1. The number of sulfonamides is 1. The fourth-order valence-corrected chi connectivity index (χ4v) is 8.44. The van der Waals surface area contributed by atoms with Gasteiger partial charge in [-0.3, -0.25) is 0 Å². The molecule has 0 radical (unpaired) electrons. The molecule has 0 unspecified atom stereocenters. The van der Waals surface area contributed by atoms with Crippen molar-refractivity contribution >= 4 is 41.0 Å². The van der Waals surface area contributed by atoms with E-state index in [0.29, 0.717) is 23.4 Å². The van der Waals surface area contributed by atoms with Crippen LogP contribution in [0.25, 0.3) is 0 Å². The zero-order valence-corrected chi connectivity index (χ0v) is 17.9. The molecule has 3 N–H and O–H groups in total. The van der Waals surface area contributed by atoms with Crippen LogP contribution in [-0.4, -0.2) is 49.1 Å². The number of rotatable bonds is 8. The summed E-state index contributed by atoms with van der Waals surface area (Å²) in [7, 11) is -10.9. The third-order valence-electron chi connectivity index (χ3n) is 4.24. The van der Waals surface area contributed by atoms with Crippen LogP contribution < -0.4 is 10.5 Å². The van der Waals surface area contributed by atoms with Crippen LogP contribution in [0.5, 0.6) is 0 Å². The summed E-state index contributed by atoms with van der Waals surface area (Å²) >= 11 is 0.670. The average Bonchev–Trinajstić information content (AvgIpc) is 2.94. The molecule has 2 rings (SSSR count). The number of hydrogen-bond donors (Lipinski definition) is 2. The van der Waals surface area contributed by atoms with E-state index in [4.69, 9.17) is 5.14 Å². The molecule has 150 valence electrons. The Balaban J connectivity index is 2.39. The summed E-state index contributed by atoms with van der Waals surface area (Å²) in [6, 6.07) is 1.04. The van der Waals surface area contributed by atoms with Gasteiger partial charge in [-0.25, -0.2) is 30.4 Å². The molecule has 0 saturated carbocycles. The predicted octanol–water partition coefficient (Wildman–Crippen LogP) is 0.807. The van der Waals surface area contributed by atoms with Crippen molar-refractivity contribution in [3.8, 4) is 0 Å². The average molecular weight is 445 g/mol. The van der Waals surface area contributed by atoms with Crippen molar-refractivity contribution in [1.82, 2.24) is 5.32 Å². The van der Waals surface area contributed by atoms with Crippen molar-refractivity contribution in [1.29, 1.82) is 0 Å². The van der Waals surface area contributed by atoms with Crippen LogP contribution in [0.3, 0.4) is 0 Å². The van der Waals surface area contributed by atoms with E-state index < -0.39 is 34.9 Å². The summed E-state index contributed by atoms with van der Waals surface area (Å²) in [6.45, 7) is 2.63. The lowest BCUT2D eigenvalue weighted by atomic mass is 10.0. The van der Waals surface area contributed by atoms with E-state index in [0.717, 1.165) is 12.7 Å². The molecule has 2 heterocycles. The Kier molecular flexibility index (Phi) is 6.56. The topological polar surface area (TPSA) is 140 Å². The number of primary sulfonamides is 1. The van der Waals surface area contributed by atoms with Crippen LogP contribution in [0, 0.1) is 0 Å². The SMILES string of the molecule is CCCN[C@H]1C[C@H](CCCS(C)(=O)=O)S(=O)(=O)c2sc(S(N)(=O)=O)cc21. The summed E-state index contributed by atoms with van der Waals surface area (Å²) in [6.07, 6.45) is 2.68. The highest BCUT2D eigenvalue weighted by Gasteiger charge is 2.41. The molecule has 0 fully saturated rings. The Morgan fingerprint density at radius 3 is 2.50 bits per heavy atom. The Bertz CT molecular complexity index is 963. The minimum Gasteiger partial charge on any atom is -0.310 e. The fraction of sp³-hybridized carbons (Fsp3) is 0.714. The molecule has 1 aliphatic rings. The quantitative estimate of drug-likeness (QED) is 0.604. The molecule has 0 amide bonds. The van der Waals surface area contributed by atoms with Crippen molar-refractivity contribution in [2.75, 3.05) is 18.6 Å². The van der Waals surface area contributed by atoms with Gasteiger partial charge in [0.05, 0.1) is 5.25 Å². The maximum Gasteiger partial charge on any atom is 0.247 e. The number of sulfone groups is 2. The molecule has 0 aliphatic carbocycles. The van der Waals surface area contributed by atoms with Crippen molar-refractivity contribution < 1.29 is 25.3 Å². The Morgan fingerprint density at radius 2 is 1.96 bits per heavy atom. The normalized spacial score (nSPS) is 22.9. The number of nitrogens with two attached hydrogens (primary N) is 1. The predicted molar refractivity (Wildman–Crippen MR) is 101 cm³/mol. The number of hydrogen-bond acceptors (Lipinski definition) is 8. The second-order valence-corrected chi connectivity index (χ2v) is 14.1. The van der Waals surface area contributed by atoms with Crippen LogP contribution >= 0.6 is 11.3 Å². The molecule has 8 nitrogen and oxygen atoms in total. The lowest BCUT2D eigenvalue weighted by molar-refractivity contribution is 0.447. The molecule has 0 aromatic carbocycles. The third-order valence-corrected chi connectivity index (χ3v) is 10.6. The second kappa shape index (κ2) is 7.84. The number of thiophene rings is 1. The van der Waals surface area contributed by atoms with Crippen molar-refractivity contribution in [2.45, 2.75) is 52.3 Å². The molecule has 26 heavy (non-hydrogen) atoms. The van der Waals surface area contributed by atoms with Gasteiger partial charge in [-0.15, -0.1) is 11.3 Å². The van der Waals surface area contributed by atoms with E-state index in [2.05, 4.69) is 5.32 Å². The maximum absolute atomic E-state index is 12.9. The van der Waals surface area contributed by atoms with Gasteiger partial charge >= 0.3 is 0 Å². The maximum atomic E-state index is 12.9. The van der Waals surface area contributed by atoms with Crippen LogP contribution in [0.15, 0.2) is 14.5 Å². The molecule has 1 aromatic rings. The Labute approximate surface area is 159 Å². The smallest absolute Gasteiger partial charge is 0.247 e. The number of nitrogens with one attached hydrogen (secondary N) is 1. The Hall–Kier alpha value is -0.530. The van der Waals surface area contributed by atoms with Gasteiger partial charge in [0, 0.05) is 23.6 Å². The van der Waals surface area contributed by atoms with Crippen LogP contribution in [0.1, 0.15) is 44.2 Å². The minimum absolute atomic E-state index is 0.0192. The summed E-state index contributed by atoms with van der Waals surface area (Å²) in [4.78, 5) is 0. The van der Waals surface area contributed by atoms with Gasteiger partial charge in [-0.05, 0) is 38.3 Å². The monoisotopic (exact) mass is 444 g/mol. The van der Waals surface area contributed by atoms with Crippen LogP contribution in [-0.2, 0) is 29.7 Å². The van der Waals surface area contributed by atoms with Gasteiger partial charge in [0.15, 0.2) is 9.84 Å². The third kappa shape index (κ3) is 5.04. The zero-order valence-electron chi connectivity index (χ0n) is 14.6. The van der Waals surface area contributed by atoms with Crippen molar-refractivity contribution in [2.24, 2.45) is 5.14 Å². The van der Waals surface area contributed by atoms with Gasteiger partial charge in [-0.2, -0.15) is 0 Å². The van der Waals surface area contributed by atoms with E-state index in [-0.39, 0.29) is 39.5 Å². The van der Waals surface area contributed by atoms with E-state index in [1.54, 1.807) is 0 Å². The minimum atomic E-state index is -4.00. The largest absolute Gasteiger partial charge is 0.310 e. The summed E-state index contributed by atoms with van der Waals surface area (Å²) in [5, 5.41) is 7.67. The standard InChI is InChI=1S/C14H24N2O6S4/c1-3-6-16-12-8-10(5-4-7-24(2,17)18)25(19,20)14-11(12)9-13(23-14)26(15,21)22/h9-10,12,16H,3-8H2,1-2H3,(H2,15,21,22)/t10-,12-/m0/s1. The zero-order chi connectivity index (χ0) is 19.8. The van der Waals surface area contributed by atoms with Gasteiger partial charge in [0.2, 0.25) is 10.0 Å². The van der Waals surface area contributed by atoms with Gasteiger partial charge in [0.1, 0.15) is 18.3 Å². The highest BCUT2D eigenvalue weighted by atomic mass is 32.3. The lowest BCUT2D eigenvalue weighted by Gasteiger charge is -2.30.